The Kier molecular flexibility index (Phi) is 2.81. The van der Waals surface area contributed by atoms with E-state index in [0.717, 1.165) is 0 Å². The molecule has 86 valence electrons. The molecule has 2 aromatic heterocycles. The molecule has 2 heterocycles. The molecule has 0 aliphatic carbocycles. The van der Waals surface area contributed by atoms with Gasteiger partial charge in [0.2, 0.25) is 9.84 Å². The van der Waals surface area contributed by atoms with Crippen LogP contribution in [0.3, 0.4) is 0 Å². The monoisotopic (exact) mass is 260 g/mol. The molecule has 1 unspecified atom stereocenters. The zero-order valence-electron chi connectivity index (χ0n) is 8.38. The van der Waals surface area contributed by atoms with Gasteiger partial charge in [0, 0.05) is 5.88 Å². The molecule has 0 aliphatic heterocycles. The number of imidazole rings is 1. The molecule has 0 bridgehead atoms. The van der Waals surface area contributed by atoms with Gasteiger partial charge in [-0.15, -0.1) is 11.6 Å². The molecule has 2 rings (SSSR count). The summed E-state index contributed by atoms with van der Waals surface area (Å²) >= 11 is 5.56. The summed E-state index contributed by atoms with van der Waals surface area (Å²) in [5, 5.41) is -0.751. The summed E-state index contributed by atoms with van der Waals surface area (Å²) in [6.45, 7) is 1.53. The van der Waals surface area contributed by atoms with Crippen LogP contribution in [0.1, 0.15) is 6.92 Å². The van der Waals surface area contributed by atoms with Crippen molar-refractivity contribution in [3.63, 3.8) is 0 Å². The molecule has 16 heavy (non-hydrogen) atoms. The maximum Gasteiger partial charge on any atom is 0.201 e. The third-order valence-corrected chi connectivity index (χ3v) is 4.93. The van der Waals surface area contributed by atoms with Crippen molar-refractivity contribution in [2.75, 3.05) is 5.88 Å². The van der Waals surface area contributed by atoms with Crippen LogP contribution in [0.25, 0.3) is 11.2 Å². The van der Waals surface area contributed by atoms with Crippen LogP contribution >= 0.6 is 11.6 Å². The Morgan fingerprint density at radius 3 is 2.88 bits per heavy atom. The minimum atomic E-state index is -3.54. The van der Waals surface area contributed by atoms with Crippen LogP contribution in [-0.2, 0) is 9.84 Å². The quantitative estimate of drug-likeness (QED) is 0.650. The van der Waals surface area contributed by atoms with Crippen molar-refractivity contribution >= 4 is 32.6 Å². The van der Waals surface area contributed by atoms with E-state index in [1.165, 1.54) is 19.6 Å². The second-order valence-electron chi connectivity index (χ2n) is 3.29. The van der Waals surface area contributed by atoms with E-state index in [0.29, 0.717) is 11.2 Å². The minimum Gasteiger partial charge on any atom is -0.341 e. The topological polar surface area (TPSA) is 88.6 Å². The second-order valence-corrected chi connectivity index (χ2v) is 5.88. The van der Waals surface area contributed by atoms with Crippen molar-refractivity contribution in [3.8, 4) is 0 Å². The fraction of sp³-hybridized carbons (Fsp3) is 0.375. The predicted molar refractivity (Wildman–Crippen MR) is 59.1 cm³/mol. The van der Waals surface area contributed by atoms with Crippen molar-refractivity contribution in [2.45, 2.75) is 17.2 Å². The van der Waals surface area contributed by atoms with Crippen molar-refractivity contribution in [3.05, 3.63) is 12.7 Å². The van der Waals surface area contributed by atoms with E-state index in [9.17, 15) is 8.42 Å². The van der Waals surface area contributed by atoms with Crippen LogP contribution in [0.5, 0.6) is 0 Å². The summed E-state index contributed by atoms with van der Waals surface area (Å²) in [6, 6.07) is 0. The fourth-order valence-electron chi connectivity index (χ4n) is 1.23. The predicted octanol–water partition coefficient (Wildman–Crippen LogP) is 0.754. The van der Waals surface area contributed by atoms with E-state index in [1.807, 2.05) is 0 Å². The Balaban J connectivity index is 2.68. The molecule has 8 heteroatoms. The van der Waals surface area contributed by atoms with Gasteiger partial charge in [-0.1, -0.05) is 0 Å². The average Bonchev–Trinajstić information content (AvgIpc) is 2.75. The molecule has 0 saturated heterocycles. The van der Waals surface area contributed by atoms with Crippen LogP contribution in [0, 0.1) is 0 Å². The molecule has 0 spiro atoms. The van der Waals surface area contributed by atoms with Crippen LogP contribution in [0.2, 0.25) is 0 Å². The number of alkyl halides is 1. The van der Waals surface area contributed by atoms with Crippen LogP contribution < -0.4 is 0 Å². The highest BCUT2D eigenvalue weighted by atomic mass is 35.5. The molecule has 0 saturated carbocycles. The summed E-state index contributed by atoms with van der Waals surface area (Å²) in [7, 11) is -3.54. The molecule has 0 radical (unpaired) electrons. The summed E-state index contributed by atoms with van der Waals surface area (Å²) in [4.78, 5) is 14.2. The first-order valence-corrected chi connectivity index (χ1v) is 6.59. The van der Waals surface area contributed by atoms with Gasteiger partial charge < -0.3 is 4.98 Å². The Bertz CT molecular complexity index is 609. The number of rotatable bonds is 3. The second kappa shape index (κ2) is 3.99. The molecular formula is C8H9ClN4O2S. The van der Waals surface area contributed by atoms with E-state index in [2.05, 4.69) is 19.9 Å². The van der Waals surface area contributed by atoms with Gasteiger partial charge in [-0.2, -0.15) is 0 Å². The largest absolute Gasteiger partial charge is 0.341 e. The Hall–Kier alpha value is -1.21. The lowest BCUT2D eigenvalue weighted by atomic mass is 10.5. The number of hydrogen-bond donors (Lipinski definition) is 1. The van der Waals surface area contributed by atoms with E-state index < -0.39 is 15.1 Å². The van der Waals surface area contributed by atoms with Gasteiger partial charge in [0.1, 0.15) is 11.8 Å². The number of H-pyrrole nitrogens is 1. The number of sulfone groups is 1. The SMILES string of the molecule is CC(CCl)S(=O)(=O)c1ncnc2nc[nH]c12. The average molecular weight is 261 g/mol. The van der Waals surface area contributed by atoms with Gasteiger partial charge in [-0.05, 0) is 6.92 Å². The van der Waals surface area contributed by atoms with E-state index in [1.54, 1.807) is 0 Å². The summed E-state index contributed by atoms with van der Waals surface area (Å²) < 4.78 is 24.1. The lowest BCUT2D eigenvalue weighted by molar-refractivity contribution is 0.585. The normalized spacial score (nSPS) is 14.1. The van der Waals surface area contributed by atoms with Gasteiger partial charge in [0.25, 0.3) is 0 Å². The maximum absolute atomic E-state index is 12.1. The summed E-state index contributed by atoms with van der Waals surface area (Å²) in [5.74, 6) is 0.0158. The first-order chi connectivity index (χ1) is 7.57. The third-order valence-electron chi connectivity index (χ3n) is 2.20. The van der Waals surface area contributed by atoms with Gasteiger partial charge in [-0.25, -0.2) is 23.4 Å². The van der Waals surface area contributed by atoms with Crippen molar-refractivity contribution in [1.29, 1.82) is 0 Å². The molecule has 0 aliphatic rings. The number of aromatic nitrogens is 4. The summed E-state index contributed by atoms with van der Waals surface area (Å²) in [5.41, 5.74) is 0.648. The highest BCUT2D eigenvalue weighted by Gasteiger charge is 2.27. The smallest absolute Gasteiger partial charge is 0.201 e. The molecule has 1 atom stereocenters. The van der Waals surface area contributed by atoms with Crippen molar-refractivity contribution < 1.29 is 8.42 Å². The number of aromatic amines is 1. The number of halogens is 1. The Morgan fingerprint density at radius 2 is 2.19 bits per heavy atom. The highest BCUT2D eigenvalue weighted by Crippen LogP contribution is 2.20. The lowest BCUT2D eigenvalue weighted by Gasteiger charge is -2.08. The Morgan fingerprint density at radius 1 is 1.44 bits per heavy atom. The molecular weight excluding hydrogens is 252 g/mol. The van der Waals surface area contributed by atoms with Crippen LogP contribution in [0.4, 0.5) is 0 Å². The third kappa shape index (κ3) is 1.65. The molecule has 0 amide bonds. The molecule has 1 N–H and O–H groups in total. The van der Waals surface area contributed by atoms with Crippen LogP contribution in [-0.4, -0.2) is 39.5 Å². The van der Waals surface area contributed by atoms with Gasteiger partial charge in [0.15, 0.2) is 10.7 Å². The maximum atomic E-state index is 12.1. The van der Waals surface area contributed by atoms with Gasteiger partial charge in [0.05, 0.1) is 11.6 Å². The Labute approximate surface area is 97.0 Å². The number of nitrogens with zero attached hydrogens (tertiary/aromatic N) is 3. The number of fused-ring (bicyclic) bond motifs is 1. The molecule has 6 nitrogen and oxygen atoms in total. The summed E-state index contributed by atoms with van der Waals surface area (Å²) in [6.07, 6.45) is 2.56. The number of hydrogen-bond acceptors (Lipinski definition) is 5. The first-order valence-electron chi connectivity index (χ1n) is 4.51. The zero-order valence-corrected chi connectivity index (χ0v) is 9.96. The van der Waals surface area contributed by atoms with Gasteiger partial charge in [-0.3, -0.25) is 0 Å². The van der Waals surface area contributed by atoms with Gasteiger partial charge >= 0.3 is 0 Å². The van der Waals surface area contributed by atoms with Crippen LogP contribution in [0.15, 0.2) is 17.7 Å². The first kappa shape index (κ1) is 11.3. The van der Waals surface area contributed by atoms with E-state index >= 15 is 0 Å². The molecule has 2 aromatic rings. The van der Waals surface area contributed by atoms with E-state index in [-0.39, 0.29) is 10.9 Å². The van der Waals surface area contributed by atoms with E-state index in [4.69, 9.17) is 11.6 Å². The fourth-order valence-corrected chi connectivity index (χ4v) is 2.91. The molecule has 0 fully saturated rings. The highest BCUT2D eigenvalue weighted by molar-refractivity contribution is 7.92. The zero-order chi connectivity index (χ0) is 11.8. The number of nitrogens with one attached hydrogen (secondary N) is 1. The van der Waals surface area contributed by atoms with Crippen molar-refractivity contribution in [1.82, 2.24) is 19.9 Å². The standard InChI is InChI=1S/C8H9ClN4O2S/c1-5(2-9)16(14,15)8-6-7(11-3-10-6)12-4-13-8/h3-5H,2H2,1H3,(H,10,11,12,13). The van der Waals surface area contributed by atoms with Crippen molar-refractivity contribution in [2.24, 2.45) is 0 Å². The lowest BCUT2D eigenvalue weighted by Crippen LogP contribution is -2.21. The minimum absolute atomic E-state index is 0.0158. The molecule has 0 aromatic carbocycles.